The van der Waals surface area contributed by atoms with Crippen LogP contribution in [0.3, 0.4) is 0 Å². The molecule has 0 unspecified atom stereocenters. The Bertz CT molecular complexity index is 1240. The number of carbonyl (C=O) groups is 1. The van der Waals surface area contributed by atoms with E-state index < -0.39 is 32.8 Å². The van der Waals surface area contributed by atoms with E-state index in [2.05, 4.69) is 66.0 Å². The molecule has 3 aromatic rings. The third-order valence-corrected chi connectivity index (χ3v) is 6.53. The zero-order chi connectivity index (χ0) is 25.7. The number of nitrogens with two attached hydrogens (primary N) is 1. The first kappa shape index (κ1) is 24.6. The number of quaternary nitrogens is 1. The molecule has 184 valence electrons. The number of carboxylic acid groups (broad SMARTS) is 1. The molecule has 36 heavy (non-hydrogen) atoms. The summed E-state index contributed by atoms with van der Waals surface area (Å²) in [5, 5.41) is 33.5. The molecule has 5 rings (SSSR count). The molecule has 2 aliphatic rings. The number of fused-ring (bicyclic) bond motifs is 1. The van der Waals surface area contributed by atoms with E-state index >= 15 is 0 Å². The van der Waals surface area contributed by atoms with Crippen LogP contribution >= 0.6 is 0 Å². The number of carboxylic acids is 1. The maximum atomic E-state index is 10.4. The second kappa shape index (κ2) is 10.4. The van der Waals surface area contributed by atoms with E-state index in [0.29, 0.717) is 30.2 Å². The van der Waals surface area contributed by atoms with Gasteiger partial charge in [0.15, 0.2) is 11.8 Å². The van der Waals surface area contributed by atoms with Gasteiger partial charge in [-0.25, -0.2) is 0 Å². The van der Waals surface area contributed by atoms with Crippen molar-refractivity contribution in [3.8, 4) is 0 Å². The lowest BCUT2D eigenvalue weighted by Crippen LogP contribution is -2.90. The van der Waals surface area contributed by atoms with E-state index in [4.69, 9.17) is 4.42 Å². The van der Waals surface area contributed by atoms with E-state index in [9.17, 15) is 30.1 Å². The summed E-state index contributed by atoms with van der Waals surface area (Å²) < 4.78 is 5.71. The number of nitro groups is 2. The van der Waals surface area contributed by atoms with Gasteiger partial charge in [0.05, 0.1) is 40.6 Å². The molecule has 3 atom stereocenters. The molecule has 2 aromatic carbocycles. The van der Waals surface area contributed by atoms with Gasteiger partial charge in [-0.2, -0.15) is 0 Å². The van der Waals surface area contributed by atoms with E-state index in [1.807, 2.05) is 6.07 Å². The summed E-state index contributed by atoms with van der Waals surface area (Å²) >= 11 is 0. The van der Waals surface area contributed by atoms with Crippen LogP contribution in [-0.2, 0) is 5.41 Å². The second-order valence-corrected chi connectivity index (χ2v) is 8.53. The summed E-state index contributed by atoms with van der Waals surface area (Å²) in [4.78, 5) is 29.2. The van der Waals surface area contributed by atoms with Crippen LogP contribution in [0.5, 0.6) is 0 Å². The lowest BCUT2D eigenvalue weighted by Gasteiger charge is -2.44. The van der Waals surface area contributed by atoms with Gasteiger partial charge in [0.1, 0.15) is 0 Å². The van der Waals surface area contributed by atoms with Crippen LogP contribution in [0.1, 0.15) is 34.1 Å². The van der Waals surface area contributed by atoms with E-state index in [-0.39, 0.29) is 5.41 Å². The Balaban J connectivity index is 0.000000181. The van der Waals surface area contributed by atoms with Gasteiger partial charge in [-0.1, -0.05) is 54.6 Å². The summed E-state index contributed by atoms with van der Waals surface area (Å²) in [5.74, 6) is -0.188. The summed E-state index contributed by atoms with van der Waals surface area (Å²) in [7, 11) is 0. The molecule has 1 fully saturated rings. The van der Waals surface area contributed by atoms with Crippen LogP contribution in [0.4, 0.5) is 11.4 Å². The molecule has 10 nitrogen and oxygen atoms in total. The first-order valence-electron chi connectivity index (χ1n) is 11.3. The highest BCUT2D eigenvalue weighted by Crippen LogP contribution is 2.46. The van der Waals surface area contributed by atoms with Crippen molar-refractivity contribution in [3.63, 3.8) is 0 Å². The van der Waals surface area contributed by atoms with Crippen molar-refractivity contribution in [2.75, 3.05) is 6.54 Å². The van der Waals surface area contributed by atoms with E-state index in [1.165, 1.54) is 12.0 Å². The lowest BCUT2D eigenvalue weighted by atomic mass is 9.61. The number of allylic oxidation sites excluding steroid dienone is 3. The van der Waals surface area contributed by atoms with Crippen LogP contribution in [0.2, 0.25) is 0 Å². The third kappa shape index (κ3) is 4.93. The molecule has 0 amide bonds. The summed E-state index contributed by atoms with van der Waals surface area (Å²) in [5.41, 5.74) is -0.412. The molecule has 0 radical (unpaired) electrons. The second-order valence-electron chi connectivity index (χ2n) is 8.53. The fraction of sp³-hybridized carbons (Fsp3) is 0.192. The van der Waals surface area contributed by atoms with Crippen molar-refractivity contribution in [2.45, 2.75) is 17.9 Å². The average molecular weight is 489 g/mol. The van der Waals surface area contributed by atoms with Gasteiger partial charge >= 0.3 is 0 Å². The van der Waals surface area contributed by atoms with Gasteiger partial charge in [0.25, 0.3) is 11.4 Å². The number of aromatic carboxylic acids is 1. The van der Waals surface area contributed by atoms with Gasteiger partial charge in [-0.15, -0.1) is 0 Å². The molecule has 1 aliphatic carbocycles. The minimum Gasteiger partial charge on any atom is -0.545 e. The highest BCUT2D eigenvalue weighted by atomic mass is 16.6. The van der Waals surface area contributed by atoms with Crippen LogP contribution in [0.25, 0.3) is 0 Å². The zero-order valence-corrected chi connectivity index (χ0v) is 19.1. The summed E-state index contributed by atoms with van der Waals surface area (Å²) in [6.45, 7) is 1.12. The first-order valence-corrected chi connectivity index (χ1v) is 11.3. The van der Waals surface area contributed by atoms with Crippen molar-refractivity contribution in [1.29, 1.82) is 0 Å². The molecule has 1 aliphatic heterocycles. The van der Waals surface area contributed by atoms with Crippen LogP contribution < -0.4 is 10.4 Å². The molecule has 1 aromatic heterocycles. The van der Waals surface area contributed by atoms with Gasteiger partial charge in [-0.05, 0) is 17.7 Å². The number of non-ortho nitro benzene ring substituents is 2. The number of furan rings is 1. The Morgan fingerprint density at radius 1 is 0.972 bits per heavy atom. The molecule has 0 bridgehead atoms. The Morgan fingerprint density at radius 3 is 2.25 bits per heavy atom. The lowest BCUT2D eigenvalue weighted by molar-refractivity contribution is -0.715. The third-order valence-electron chi connectivity index (χ3n) is 6.53. The van der Waals surface area contributed by atoms with Crippen molar-refractivity contribution >= 4 is 17.3 Å². The predicted octanol–water partition coefficient (Wildman–Crippen LogP) is 2.83. The largest absolute Gasteiger partial charge is 0.545 e. The van der Waals surface area contributed by atoms with Gasteiger partial charge < -0.3 is 19.6 Å². The fourth-order valence-corrected chi connectivity index (χ4v) is 4.91. The fourth-order valence-electron chi connectivity index (χ4n) is 4.91. The minimum atomic E-state index is -1.71. The van der Waals surface area contributed by atoms with E-state index in [0.717, 1.165) is 12.3 Å². The predicted molar refractivity (Wildman–Crippen MR) is 127 cm³/mol. The monoisotopic (exact) mass is 489 g/mol. The topological polar surface area (TPSA) is 156 Å². The number of rotatable bonds is 5. The smallest absolute Gasteiger partial charge is 0.276 e. The van der Waals surface area contributed by atoms with Crippen LogP contribution in [0.15, 0.2) is 95.6 Å². The number of hydrogen-bond acceptors (Lipinski definition) is 7. The van der Waals surface area contributed by atoms with Gasteiger partial charge in [0, 0.05) is 29.5 Å². The number of benzene rings is 2. The quantitative estimate of drug-likeness (QED) is 0.426. The van der Waals surface area contributed by atoms with Crippen LogP contribution in [-0.4, -0.2) is 22.4 Å². The highest BCUT2D eigenvalue weighted by Gasteiger charge is 2.48. The first-order chi connectivity index (χ1) is 17.3. The standard InChI is InChI=1S/C19H19NO.C7H4N2O6/c1-2-7-15(8-3-1)19-11-5-4-9-16(19)18(20-13-12-19)17-10-6-14-21-17;10-7(11)4-1-5(8(12)13)3-6(2-4)9(14)15/h1-11,14,16,18,20H,12-13H2;1-3H,(H,10,11)/t16-,18+,19+;/m0./s1. The Morgan fingerprint density at radius 2 is 1.67 bits per heavy atom. The molecular formula is C26H23N3O7. The Kier molecular flexibility index (Phi) is 7.07. The highest BCUT2D eigenvalue weighted by molar-refractivity contribution is 5.87. The van der Waals surface area contributed by atoms with Crippen molar-refractivity contribution in [1.82, 2.24) is 0 Å². The molecular weight excluding hydrogens is 466 g/mol. The molecule has 2 heterocycles. The van der Waals surface area contributed by atoms with Crippen molar-refractivity contribution in [3.05, 3.63) is 128 Å². The minimum absolute atomic E-state index is 0.0994. The van der Waals surface area contributed by atoms with Crippen molar-refractivity contribution in [2.24, 2.45) is 5.92 Å². The maximum Gasteiger partial charge on any atom is 0.276 e. The molecule has 1 saturated heterocycles. The van der Waals surface area contributed by atoms with Gasteiger partial charge in [0.2, 0.25) is 0 Å². The molecule has 0 spiro atoms. The number of piperidine rings is 1. The average Bonchev–Trinajstić information content (AvgIpc) is 3.43. The summed E-state index contributed by atoms with van der Waals surface area (Å²) in [6, 6.07) is 17.4. The maximum absolute atomic E-state index is 10.4. The number of nitrogens with zero attached hydrogens (tertiary/aromatic N) is 2. The SMILES string of the molecule is C1=C[C@H]2[C@H](c3ccco3)[NH2+]CC[C@@]2(c2ccccc2)C=C1.O=C([O-])c1cc([N+](=O)[O-])cc([N+](=O)[O-])c1. The van der Waals surface area contributed by atoms with Gasteiger partial charge in [-0.3, -0.25) is 20.2 Å². The molecule has 10 heteroatoms. The Labute approximate surface area is 205 Å². The Hall–Kier alpha value is -4.57. The van der Waals surface area contributed by atoms with E-state index in [1.54, 1.807) is 6.26 Å². The molecule has 0 saturated carbocycles. The van der Waals surface area contributed by atoms with Crippen LogP contribution in [0, 0.1) is 26.1 Å². The number of nitro benzene ring substituents is 2. The summed E-state index contributed by atoms with van der Waals surface area (Å²) in [6.07, 6.45) is 12.1. The number of carbonyl (C=O) groups excluding carboxylic acids is 1. The number of hydrogen-bond donors (Lipinski definition) is 1. The van der Waals surface area contributed by atoms with Crippen molar-refractivity contribution < 1.29 is 29.5 Å². The molecule has 2 N–H and O–H groups in total. The normalized spacial score (nSPS) is 22.1. The zero-order valence-electron chi connectivity index (χ0n) is 19.1.